The fourth-order valence-corrected chi connectivity index (χ4v) is 3.98. The smallest absolute Gasteiger partial charge is 0.309 e. The maximum absolute atomic E-state index is 12.2. The molecule has 0 bridgehead atoms. The van der Waals surface area contributed by atoms with Gasteiger partial charge in [0.15, 0.2) is 0 Å². The molecule has 0 aliphatic heterocycles. The number of hydrogen-bond donors (Lipinski definition) is 1. The van der Waals surface area contributed by atoms with Gasteiger partial charge in [0.05, 0.1) is 23.6 Å². The van der Waals surface area contributed by atoms with Crippen molar-refractivity contribution in [2.75, 3.05) is 0 Å². The number of hydrazone groups is 1. The van der Waals surface area contributed by atoms with E-state index < -0.39 is 5.97 Å². The number of nitrogens with one attached hydrogen (secondary N) is 1. The molecule has 0 saturated heterocycles. The molecule has 3 rings (SSSR count). The Kier molecular flexibility index (Phi) is 6.43. The predicted octanol–water partition coefficient (Wildman–Crippen LogP) is 1.78. The summed E-state index contributed by atoms with van der Waals surface area (Å²) in [5.74, 6) is -1.55. The van der Waals surface area contributed by atoms with E-state index in [0.717, 1.165) is 24.2 Å². The summed E-state index contributed by atoms with van der Waals surface area (Å²) in [6.45, 7) is 0.115. The van der Waals surface area contributed by atoms with E-state index in [2.05, 4.69) is 16.6 Å². The maximum atomic E-state index is 12.2. The highest BCUT2D eigenvalue weighted by Crippen LogP contribution is 2.20. The van der Waals surface area contributed by atoms with Gasteiger partial charge in [0.2, 0.25) is 5.91 Å². The molecule has 1 atom stereocenters. The Labute approximate surface area is 170 Å². The summed E-state index contributed by atoms with van der Waals surface area (Å²) < 4.78 is 1.32. The van der Waals surface area contributed by atoms with E-state index in [9.17, 15) is 19.5 Å². The zero-order valence-electron chi connectivity index (χ0n) is 14.8. The fourth-order valence-electron chi connectivity index (χ4n) is 2.87. The number of aromatic nitrogens is 1. The Morgan fingerprint density at radius 3 is 2.93 bits per heavy atom. The van der Waals surface area contributed by atoms with Gasteiger partial charge in [0, 0.05) is 5.92 Å². The number of carbonyl (C=O) groups is 2. The van der Waals surface area contributed by atoms with Crippen molar-refractivity contribution in [1.82, 2.24) is 9.99 Å². The largest absolute Gasteiger partial charge is 0.545 e. The molecule has 9 heteroatoms. The minimum Gasteiger partial charge on any atom is -0.545 e. The number of halogens is 1. The first-order valence-electron chi connectivity index (χ1n) is 8.63. The number of rotatable bonds is 6. The van der Waals surface area contributed by atoms with Gasteiger partial charge < -0.3 is 9.90 Å². The van der Waals surface area contributed by atoms with Crippen LogP contribution in [0.25, 0.3) is 0 Å². The number of thiazole rings is 1. The van der Waals surface area contributed by atoms with Crippen LogP contribution < -0.4 is 15.4 Å². The van der Waals surface area contributed by atoms with Crippen molar-refractivity contribution in [3.05, 3.63) is 67.2 Å². The van der Waals surface area contributed by atoms with Crippen LogP contribution in [-0.2, 0) is 11.3 Å². The van der Waals surface area contributed by atoms with Crippen LogP contribution in [0.4, 0.5) is 0 Å². The van der Waals surface area contributed by atoms with Crippen LogP contribution in [0, 0.1) is 5.92 Å². The van der Waals surface area contributed by atoms with Gasteiger partial charge in [-0.1, -0.05) is 53.3 Å². The number of carbonyl (C=O) groups excluding carboxylic acids is 2. The van der Waals surface area contributed by atoms with E-state index in [1.807, 2.05) is 6.08 Å². The van der Waals surface area contributed by atoms with Crippen molar-refractivity contribution < 1.29 is 14.7 Å². The summed E-state index contributed by atoms with van der Waals surface area (Å²) in [6.07, 6.45) is 7.73. The molecule has 1 aliphatic rings. The van der Waals surface area contributed by atoms with E-state index in [1.54, 1.807) is 12.1 Å². The van der Waals surface area contributed by atoms with Crippen LogP contribution in [0.5, 0.6) is 0 Å². The summed E-state index contributed by atoms with van der Waals surface area (Å²) in [5.41, 5.74) is 3.12. The lowest BCUT2D eigenvalue weighted by Gasteiger charge is -2.14. The lowest BCUT2D eigenvalue weighted by Crippen LogP contribution is -2.27. The van der Waals surface area contributed by atoms with Gasteiger partial charge in [0.1, 0.15) is 5.15 Å². The van der Waals surface area contributed by atoms with Crippen molar-refractivity contribution >= 4 is 41.0 Å². The molecule has 0 unspecified atom stereocenters. The summed E-state index contributed by atoms with van der Waals surface area (Å²) in [5, 5.41) is 15.1. The van der Waals surface area contributed by atoms with Gasteiger partial charge in [-0.05, 0) is 36.5 Å². The zero-order chi connectivity index (χ0) is 20.1. The van der Waals surface area contributed by atoms with E-state index in [-0.39, 0.29) is 34.0 Å². The van der Waals surface area contributed by atoms with Crippen molar-refractivity contribution in [3.63, 3.8) is 0 Å². The standard InChI is InChI=1S/C19H18ClN3O4S/c20-16-15(10-21-22-17(24)13-6-2-1-3-7-13)28-19(27)23(16)11-12-5-4-8-14(9-12)18(25)26/h1-2,4-5,8-10,13H,3,6-7,11H2,(H,22,24)(H,25,26)/p-1/b21-10-/t13-/m1/s1. The first-order valence-corrected chi connectivity index (χ1v) is 9.82. The molecule has 1 amide bonds. The molecule has 0 fully saturated rings. The number of amides is 1. The second-order valence-corrected chi connectivity index (χ2v) is 7.66. The van der Waals surface area contributed by atoms with E-state index >= 15 is 0 Å². The highest BCUT2D eigenvalue weighted by molar-refractivity contribution is 7.11. The lowest BCUT2D eigenvalue weighted by atomic mass is 9.94. The Morgan fingerprint density at radius 2 is 2.21 bits per heavy atom. The lowest BCUT2D eigenvalue weighted by molar-refractivity contribution is -0.255. The minimum absolute atomic E-state index is 0.0268. The van der Waals surface area contributed by atoms with Crippen LogP contribution in [0.3, 0.4) is 0 Å². The first kappa shape index (κ1) is 20.0. The average molecular weight is 419 g/mol. The van der Waals surface area contributed by atoms with Gasteiger partial charge in [-0.15, -0.1) is 0 Å². The predicted molar refractivity (Wildman–Crippen MR) is 106 cm³/mol. The van der Waals surface area contributed by atoms with E-state index in [4.69, 9.17) is 11.6 Å². The van der Waals surface area contributed by atoms with Gasteiger partial charge in [-0.3, -0.25) is 14.2 Å². The number of carboxylic acid groups (broad SMARTS) is 1. The Bertz CT molecular complexity index is 1010. The van der Waals surface area contributed by atoms with Crippen molar-refractivity contribution in [1.29, 1.82) is 0 Å². The molecule has 2 aromatic rings. The van der Waals surface area contributed by atoms with Crippen LogP contribution in [-0.4, -0.2) is 22.7 Å². The maximum Gasteiger partial charge on any atom is 0.309 e. The highest BCUT2D eigenvalue weighted by Gasteiger charge is 2.18. The second-order valence-electron chi connectivity index (χ2n) is 6.31. The Morgan fingerprint density at radius 1 is 1.39 bits per heavy atom. The van der Waals surface area contributed by atoms with Crippen molar-refractivity contribution in [2.24, 2.45) is 11.0 Å². The second kappa shape index (κ2) is 8.99. The number of allylic oxidation sites excluding steroid dienone is 2. The topological polar surface area (TPSA) is 104 Å². The number of hydrogen-bond acceptors (Lipinski definition) is 6. The number of carboxylic acids is 1. The molecule has 1 aromatic heterocycles. The van der Waals surface area contributed by atoms with Gasteiger partial charge in [0.25, 0.3) is 0 Å². The monoisotopic (exact) mass is 418 g/mol. The van der Waals surface area contributed by atoms with Gasteiger partial charge >= 0.3 is 4.87 Å². The SMILES string of the molecule is O=C([O-])c1cccc(Cn2c(Cl)c(/C=N\NC(=O)[C@@H]3CC=CCC3)sc2=O)c1. The molecule has 7 nitrogen and oxygen atoms in total. The molecule has 1 heterocycles. The van der Waals surface area contributed by atoms with E-state index in [1.165, 1.54) is 22.9 Å². The van der Waals surface area contributed by atoms with Crippen LogP contribution in [0.1, 0.15) is 40.1 Å². The average Bonchev–Trinajstić information content (AvgIpc) is 2.96. The molecular weight excluding hydrogens is 402 g/mol. The fraction of sp³-hybridized carbons (Fsp3) is 0.263. The Balaban J connectivity index is 1.70. The summed E-state index contributed by atoms with van der Waals surface area (Å²) >= 11 is 7.17. The minimum atomic E-state index is -1.29. The van der Waals surface area contributed by atoms with Crippen LogP contribution in [0.15, 0.2) is 46.3 Å². The number of benzene rings is 1. The quantitative estimate of drug-likeness (QED) is 0.438. The molecule has 1 aromatic carbocycles. The normalized spacial score (nSPS) is 16.4. The summed E-state index contributed by atoms with van der Waals surface area (Å²) in [7, 11) is 0. The zero-order valence-corrected chi connectivity index (χ0v) is 16.3. The van der Waals surface area contributed by atoms with Crippen molar-refractivity contribution in [3.8, 4) is 0 Å². The van der Waals surface area contributed by atoms with Gasteiger partial charge in [-0.25, -0.2) is 5.43 Å². The van der Waals surface area contributed by atoms with Crippen LogP contribution in [0.2, 0.25) is 5.15 Å². The third kappa shape index (κ3) is 4.76. The molecular formula is C19H17ClN3O4S-. The molecule has 146 valence electrons. The van der Waals surface area contributed by atoms with E-state index in [0.29, 0.717) is 16.9 Å². The molecule has 0 radical (unpaired) electrons. The molecule has 28 heavy (non-hydrogen) atoms. The molecule has 0 spiro atoms. The number of nitrogens with zero attached hydrogens (tertiary/aromatic N) is 2. The van der Waals surface area contributed by atoms with Gasteiger partial charge in [-0.2, -0.15) is 5.10 Å². The summed E-state index contributed by atoms with van der Waals surface area (Å²) in [6, 6.07) is 6.12. The first-order chi connectivity index (χ1) is 13.5. The van der Waals surface area contributed by atoms with Crippen LogP contribution >= 0.6 is 22.9 Å². The summed E-state index contributed by atoms with van der Waals surface area (Å²) in [4.78, 5) is 35.4. The molecule has 0 saturated carbocycles. The third-order valence-electron chi connectivity index (χ3n) is 4.36. The molecule has 1 aliphatic carbocycles. The third-order valence-corrected chi connectivity index (χ3v) is 5.79. The van der Waals surface area contributed by atoms with Crippen molar-refractivity contribution in [2.45, 2.75) is 25.8 Å². The highest BCUT2D eigenvalue weighted by atomic mass is 35.5. The Hall–Kier alpha value is -2.71. The number of aromatic carboxylic acids is 1. The molecule has 1 N–H and O–H groups in total.